The lowest BCUT2D eigenvalue weighted by Gasteiger charge is -2.05. The van der Waals surface area contributed by atoms with Crippen LogP contribution in [0.1, 0.15) is 5.56 Å². The quantitative estimate of drug-likeness (QED) is 0.603. The van der Waals surface area contributed by atoms with Gasteiger partial charge >= 0.3 is 0 Å². The molecule has 0 bridgehead atoms. The summed E-state index contributed by atoms with van der Waals surface area (Å²) in [6, 6.07) is 17.8. The van der Waals surface area contributed by atoms with Gasteiger partial charge in [0.05, 0.1) is 6.42 Å². The highest BCUT2D eigenvalue weighted by Gasteiger charge is 2.07. The van der Waals surface area contributed by atoms with Crippen molar-refractivity contribution in [3.8, 4) is 0 Å². The predicted octanol–water partition coefficient (Wildman–Crippen LogP) is 3.90. The molecule has 23 heavy (non-hydrogen) atoms. The van der Waals surface area contributed by atoms with Crippen molar-refractivity contribution >= 4 is 33.4 Å². The second-order valence-corrected chi connectivity index (χ2v) is 5.51. The van der Waals surface area contributed by atoms with Crippen molar-refractivity contribution in [2.45, 2.75) is 6.42 Å². The van der Waals surface area contributed by atoms with Crippen LogP contribution in [0.25, 0.3) is 21.8 Å². The van der Waals surface area contributed by atoms with E-state index in [2.05, 4.69) is 27.4 Å². The van der Waals surface area contributed by atoms with Gasteiger partial charge in [0.15, 0.2) is 0 Å². The van der Waals surface area contributed by atoms with Crippen molar-refractivity contribution in [2.24, 2.45) is 0 Å². The largest absolute Gasteiger partial charge is 0.354 e. The molecule has 0 saturated carbocycles. The zero-order chi connectivity index (χ0) is 15.6. The zero-order valence-corrected chi connectivity index (χ0v) is 12.4. The lowest BCUT2D eigenvalue weighted by Crippen LogP contribution is -2.14. The molecule has 4 nitrogen and oxygen atoms in total. The van der Waals surface area contributed by atoms with Gasteiger partial charge in [-0.3, -0.25) is 9.78 Å². The molecule has 0 aliphatic carbocycles. The Morgan fingerprint density at radius 3 is 2.61 bits per heavy atom. The Hall–Kier alpha value is -3.14. The van der Waals surface area contributed by atoms with Gasteiger partial charge in [0.2, 0.25) is 5.91 Å². The Morgan fingerprint density at radius 2 is 1.74 bits per heavy atom. The van der Waals surface area contributed by atoms with Gasteiger partial charge in [-0.1, -0.05) is 24.3 Å². The minimum Gasteiger partial charge on any atom is -0.354 e. The summed E-state index contributed by atoms with van der Waals surface area (Å²) < 4.78 is 0. The van der Waals surface area contributed by atoms with Crippen LogP contribution in [0.5, 0.6) is 0 Å². The summed E-state index contributed by atoms with van der Waals surface area (Å²) >= 11 is 0. The minimum atomic E-state index is -0.0355. The molecule has 0 spiro atoms. The minimum absolute atomic E-state index is 0.0355. The number of benzene rings is 2. The number of pyridine rings is 1. The van der Waals surface area contributed by atoms with Crippen LogP contribution in [-0.2, 0) is 11.2 Å². The molecule has 0 fully saturated rings. The van der Waals surface area contributed by atoms with Crippen molar-refractivity contribution in [2.75, 3.05) is 5.32 Å². The summed E-state index contributed by atoms with van der Waals surface area (Å²) in [5, 5.41) is 5.30. The Balaban J connectivity index is 1.59. The number of amides is 1. The lowest BCUT2D eigenvalue weighted by atomic mass is 10.1. The number of fused-ring (bicyclic) bond motifs is 3. The molecule has 0 radical (unpaired) electrons. The maximum absolute atomic E-state index is 12.1. The first-order valence-corrected chi connectivity index (χ1v) is 7.49. The van der Waals surface area contributed by atoms with E-state index in [1.54, 1.807) is 12.4 Å². The molecule has 0 aliphatic rings. The number of H-pyrrole nitrogens is 1. The molecule has 0 atom stereocenters. The summed E-state index contributed by atoms with van der Waals surface area (Å²) in [6.07, 6.45) is 3.73. The normalized spacial score (nSPS) is 11.0. The topological polar surface area (TPSA) is 57.8 Å². The molecule has 0 saturated heterocycles. The Morgan fingerprint density at radius 1 is 0.957 bits per heavy atom. The van der Waals surface area contributed by atoms with Gasteiger partial charge in [0, 0.05) is 39.9 Å². The van der Waals surface area contributed by atoms with Crippen LogP contribution >= 0.6 is 0 Å². The first-order valence-electron chi connectivity index (χ1n) is 7.49. The van der Waals surface area contributed by atoms with Crippen LogP contribution < -0.4 is 5.32 Å². The molecular formula is C19H15N3O. The highest BCUT2D eigenvalue weighted by molar-refractivity contribution is 6.08. The monoisotopic (exact) mass is 301 g/mol. The van der Waals surface area contributed by atoms with Gasteiger partial charge in [-0.15, -0.1) is 0 Å². The number of nitrogens with zero attached hydrogens (tertiary/aromatic N) is 1. The third kappa shape index (κ3) is 2.66. The number of rotatable bonds is 3. The molecule has 0 unspecified atom stereocenters. The summed E-state index contributed by atoms with van der Waals surface area (Å²) in [4.78, 5) is 19.5. The van der Waals surface area contributed by atoms with E-state index in [1.165, 1.54) is 5.39 Å². The molecular weight excluding hydrogens is 286 g/mol. The number of carbonyl (C=O) groups excluding carboxylic acids is 1. The lowest BCUT2D eigenvalue weighted by molar-refractivity contribution is -0.115. The van der Waals surface area contributed by atoms with E-state index >= 15 is 0 Å². The molecule has 2 aromatic heterocycles. The number of aromatic amines is 1. The molecule has 4 heteroatoms. The van der Waals surface area contributed by atoms with E-state index in [4.69, 9.17) is 0 Å². The van der Waals surface area contributed by atoms with E-state index in [-0.39, 0.29) is 5.91 Å². The van der Waals surface area contributed by atoms with Crippen molar-refractivity contribution in [1.82, 2.24) is 9.97 Å². The van der Waals surface area contributed by atoms with Crippen LogP contribution in [0.15, 0.2) is 67.0 Å². The Bertz CT molecular complexity index is 989. The van der Waals surface area contributed by atoms with Gasteiger partial charge in [-0.25, -0.2) is 0 Å². The van der Waals surface area contributed by atoms with Gasteiger partial charge in [0.1, 0.15) is 0 Å². The predicted molar refractivity (Wildman–Crippen MR) is 92.4 cm³/mol. The second-order valence-electron chi connectivity index (χ2n) is 5.51. The molecule has 1 amide bonds. The van der Waals surface area contributed by atoms with Crippen LogP contribution in [-0.4, -0.2) is 15.9 Å². The third-order valence-corrected chi connectivity index (χ3v) is 3.90. The fraction of sp³-hybridized carbons (Fsp3) is 0.0526. The average molecular weight is 301 g/mol. The number of carbonyl (C=O) groups is 1. The SMILES string of the molecule is O=C(Cc1ccncc1)Nc1ccc2c(c1)[nH]c1ccccc12. The maximum Gasteiger partial charge on any atom is 0.228 e. The number of anilines is 1. The van der Waals surface area contributed by atoms with E-state index < -0.39 is 0 Å². The second kappa shape index (κ2) is 5.57. The Kier molecular flexibility index (Phi) is 3.27. The highest BCUT2D eigenvalue weighted by atomic mass is 16.1. The van der Waals surface area contributed by atoms with Crippen molar-refractivity contribution in [1.29, 1.82) is 0 Å². The molecule has 2 N–H and O–H groups in total. The molecule has 0 aliphatic heterocycles. The Labute approximate surface area is 133 Å². The summed E-state index contributed by atoms with van der Waals surface area (Å²) in [5.74, 6) is -0.0355. The van der Waals surface area contributed by atoms with Crippen LogP contribution in [0.4, 0.5) is 5.69 Å². The van der Waals surface area contributed by atoms with Crippen LogP contribution in [0.2, 0.25) is 0 Å². The number of hydrogen-bond acceptors (Lipinski definition) is 2. The number of hydrogen-bond donors (Lipinski definition) is 2. The van der Waals surface area contributed by atoms with E-state index in [9.17, 15) is 4.79 Å². The number of aromatic nitrogens is 2. The first-order chi connectivity index (χ1) is 11.3. The van der Waals surface area contributed by atoms with E-state index in [0.717, 1.165) is 27.7 Å². The van der Waals surface area contributed by atoms with Crippen LogP contribution in [0.3, 0.4) is 0 Å². The molecule has 2 heterocycles. The summed E-state index contributed by atoms with van der Waals surface area (Å²) in [6.45, 7) is 0. The van der Waals surface area contributed by atoms with Crippen molar-refractivity contribution < 1.29 is 4.79 Å². The smallest absolute Gasteiger partial charge is 0.228 e. The number of nitrogens with one attached hydrogen (secondary N) is 2. The number of para-hydroxylation sites is 1. The van der Waals surface area contributed by atoms with Crippen LogP contribution in [0, 0.1) is 0 Å². The summed E-state index contributed by atoms with van der Waals surface area (Å²) in [7, 11) is 0. The van der Waals surface area contributed by atoms with Crippen molar-refractivity contribution in [3.05, 3.63) is 72.6 Å². The van der Waals surface area contributed by atoms with E-state index in [0.29, 0.717) is 6.42 Å². The van der Waals surface area contributed by atoms with Crippen molar-refractivity contribution in [3.63, 3.8) is 0 Å². The zero-order valence-electron chi connectivity index (χ0n) is 12.4. The molecule has 2 aromatic carbocycles. The fourth-order valence-electron chi connectivity index (χ4n) is 2.82. The molecule has 4 aromatic rings. The highest BCUT2D eigenvalue weighted by Crippen LogP contribution is 2.27. The first kappa shape index (κ1) is 13.5. The average Bonchev–Trinajstić information content (AvgIpc) is 2.93. The standard InChI is InChI=1S/C19H15N3O/c23-19(11-13-7-9-20-10-8-13)21-14-5-6-16-15-3-1-2-4-17(15)22-18(16)12-14/h1-10,12,22H,11H2,(H,21,23). The molecule has 112 valence electrons. The van der Waals surface area contributed by atoms with Gasteiger partial charge in [-0.05, 0) is 35.9 Å². The maximum atomic E-state index is 12.1. The van der Waals surface area contributed by atoms with Gasteiger partial charge < -0.3 is 10.3 Å². The van der Waals surface area contributed by atoms with E-state index in [1.807, 2.05) is 42.5 Å². The summed E-state index contributed by atoms with van der Waals surface area (Å²) in [5.41, 5.74) is 3.86. The fourth-order valence-corrected chi connectivity index (χ4v) is 2.82. The third-order valence-electron chi connectivity index (χ3n) is 3.90. The molecule has 4 rings (SSSR count). The van der Waals surface area contributed by atoms with Gasteiger partial charge in [0.25, 0.3) is 0 Å². The van der Waals surface area contributed by atoms with Gasteiger partial charge in [-0.2, -0.15) is 0 Å².